The smallest absolute Gasteiger partial charge is 0.238 e. The summed E-state index contributed by atoms with van der Waals surface area (Å²) >= 11 is 1.33. The van der Waals surface area contributed by atoms with Crippen LogP contribution >= 0.6 is 11.8 Å². The molecule has 9 nitrogen and oxygen atoms in total. The average Bonchev–Trinajstić information content (AvgIpc) is 3.12. The molecule has 0 unspecified atom stereocenters. The number of nitrogens with zero attached hydrogens (tertiary/aromatic N) is 6. The predicted octanol–water partition coefficient (Wildman–Crippen LogP) is 0.647. The van der Waals surface area contributed by atoms with Gasteiger partial charge in [0, 0.05) is 38.9 Å². The molecule has 150 valence electrons. The first-order chi connectivity index (χ1) is 13.6. The molecule has 0 spiro atoms. The van der Waals surface area contributed by atoms with Crippen LogP contribution in [0.5, 0.6) is 0 Å². The Morgan fingerprint density at radius 2 is 1.93 bits per heavy atom. The van der Waals surface area contributed by atoms with E-state index in [-0.39, 0.29) is 11.8 Å². The molecule has 1 aromatic heterocycles. The highest BCUT2D eigenvalue weighted by Gasteiger charge is 2.23. The lowest BCUT2D eigenvalue weighted by Crippen LogP contribution is -2.50. The zero-order chi connectivity index (χ0) is 19.9. The third kappa shape index (κ3) is 5.29. The molecule has 2 amide bonds. The predicted molar refractivity (Wildman–Crippen MR) is 107 cm³/mol. The number of anilines is 1. The number of nitrogens with one attached hydrogen (secondary N) is 1. The zero-order valence-corrected chi connectivity index (χ0v) is 17.0. The maximum Gasteiger partial charge on any atom is 0.238 e. The number of hydrogen-bond acceptors (Lipinski definition) is 7. The van der Waals surface area contributed by atoms with Gasteiger partial charge in [-0.2, -0.15) is 0 Å². The summed E-state index contributed by atoms with van der Waals surface area (Å²) in [6, 6.07) is 7.85. The normalized spacial score (nSPS) is 14.9. The second-order valence-electron chi connectivity index (χ2n) is 6.59. The van der Waals surface area contributed by atoms with Crippen LogP contribution in [0, 0.1) is 0 Å². The van der Waals surface area contributed by atoms with Gasteiger partial charge in [0.2, 0.25) is 17.0 Å². The zero-order valence-electron chi connectivity index (χ0n) is 16.2. The lowest BCUT2D eigenvalue weighted by atomic mass is 10.1. The number of aromatic nitrogens is 4. The Bertz CT molecular complexity index is 818. The third-order valence-electron chi connectivity index (χ3n) is 4.67. The van der Waals surface area contributed by atoms with E-state index in [9.17, 15) is 9.59 Å². The van der Waals surface area contributed by atoms with E-state index in [0.717, 1.165) is 17.7 Å². The van der Waals surface area contributed by atoms with Gasteiger partial charge in [0.1, 0.15) is 0 Å². The second-order valence-corrected chi connectivity index (χ2v) is 7.53. The Balaban J connectivity index is 1.41. The molecule has 1 N–H and O–H groups in total. The highest BCUT2D eigenvalue weighted by Crippen LogP contribution is 2.16. The van der Waals surface area contributed by atoms with E-state index in [1.807, 2.05) is 29.2 Å². The van der Waals surface area contributed by atoms with Gasteiger partial charge in [-0.25, -0.2) is 4.68 Å². The molecule has 0 aliphatic carbocycles. The number of amides is 2. The number of aryl methyl sites for hydroxylation is 2. The summed E-state index contributed by atoms with van der Waals surface area (Å²) in [6.45, 7) is 5.01. The highest BCUT2D eigenvalue weighted by molar-refractivity contribution is 7.99. The molecule has 2 aromatic rings. The minimum Gasteiger partial charge on any atom is -0.339 e. The summed E-state index contributed by atoms with van der Waals surface area (Å²) in [4.78, 5) is 28.7. The number of carbonyl (C=O) groups excluding carboxylic acids is 2. The molecular formula is C18H25N7O2S. The summed E-state index contributed by atoms with van der Waals surface area (Å²) in [5.41, 5.74) is 2.00. The first kappa shape index (κ1) is 20.3. The van der Waals surface area contributed by atoms with Gasteiger partial charge in [0.25, 0.3) is 0 Å². The van der Waals surface area contributed by atoms with Crippen molar-refractivity contribution in [3.8, 4) is 0 Å². The fourth-order valence-electron chi connectivity index (χ4n) is 3.06. The number of benzene rings is 1. The van der Waals surface area contributed by atoms with Crippen molar-refractivity contribution in [1.82, 2.24) is 30.0 Å². The molecule has 3 rings (SSSR count). The molecular weight excluding hydrogens is 378 g/mol. The first-order valence-corrected chi connectivity index (χ1v) is 10.3. The third-order valence-corrected chi connectivity index (χ3v) is 5.67. The van der Waals surface area contributed by atoms with Gasteiger partial charge < -0.3 is 10.2 Å². The summed E-state index contributed by atoms with van der Waals surface area (Å²) in [6.07, 6.45) is 0.875. The summed E-state index contributed by atoms with van der Waals surface area (Å²) < 4.78 is 1.55. The quantitative estimate of drug-likeness (QED) is 0.678. The maximum atomic E-state index is 12.4. The fraction of sp³-hybridized carbons (Fsp3) is 0.500. The molecule has 28 heavy (non-hydrogen) atoms. The Morgan fingerprint density at radius 3 is 2.61 bits per heavy atom. The largest absolute Gasteiger partial charge is 0.339 e. The van der Waals surface area contributed by atoms with Gasteiger partial charge in [-0.15, -0.1) is 5.10 Å². The van der Waals surface area contributed by atoms with Gasteiger partial charge in [0.05, 0.1) is 12.3 Å². The topological polar surface area (TPSA) is 96.2 Å². The Morgan fingerprint density at radius 1 is 1.18 bits per heavy atom. The van der Waals surface area contributed by atoms with E-state index >= 15 is 0 Å². The summed E-state index contributed by atoms with van der Waals surface area (Å²) in [5, 5.41) is 14.8. The Hall–Kier alpha value is -2.46. The molecule has 1 aliphatic heterocycles. The summed E-state index contributed by atoms with van der Waals surface area (Å²) in [7, 11) is 1.75. The number of para-hydroxylation sites is 1. The number of carbonyl (C=O) groups is 2. The second kappa shape index (κ2) is 9.65. The maximum absolute atomic E-state index is 12.4. The van der Waals surface area contributed by atoms with Crippen LogP contribution in [0.2, 0.25) is 0 Å². The SMILES string of the molecule is CCc1ccccc1NC(=O)CN1CCN(C(=O)CSc2nnnn2C)CC1. The standard InChI is InChI=1S/C18H25N7O2S/c1-3-14-6-4-5-7-15(14)19-16(26)12-24-8-10-25(11-9-24)17(27)13-28-18-20-21-22-23(18)2/h4-7H,3,8-13H2,1-2H3,(H,19,26). The number of hydrogen-bond donors (Lipinski definition) is 1. The monoisotopic (exact) mass is 403 g/mol. The lowest BCUT2D eigenvalue weighted by molar-refractivity contribution is -0.130. The van der Waals surface area contributed by atoms with Crippen molar-refractivity contribution in [2.75, 3.05) is 43.8 Å². The van der Waals surface area contributed by atoms with Gasteiger partial charge in [-0.05, 0) is 28.5 Å². The molecule has 2 heterocycles. The minimum absolute atomic E-state index is 0.0222. The van der Waals surface area contributed by atoms with Crippen LogP contribution in [0.4, 0.5) is 5.69 Å². The van der Waals surface area contributed by atoms with Crippen molar-refractivity contribution in [2.24, 2.45) is 7.05 Å². The summed E-state index contributed by atoms with van der Waals surface area (Å²) in [5.74, 6) is 0.350. The van der Waals surface area contributed by atoms with Gasteiger partial charge in [-0.3, -0.25) is 14.5 Å². The number of piperazine rings is 1. The highest BCUT2D eigenvalue weighted by atomic mass is 32.2. The van der Waals surface area contributed by atoms with Crippen molar-refractivity contribution in [1.29, 1.82) is 0 Å². The van der Waals surface area contributed by atoms with Crippen LogP contribution in [0.15, 0.2) is 29.4 Å². The van der Waals surface area contributed by atoms with Gasteiger partial charge in [0.15, 0.2) is 0 Å². The lowest BCUT2D eigenvalue weighted by Gasteiger charge is -2.34. The van der Waals surface area contributed by atoms with Crippen LogP contribution in [0.1, 0.15) is 12.5 Å². The molecule has 0 bridgehead atoms. The van der Waals surface area contributed by atoms with E-state index < -0.39 is 0 Å². The van der Waals surface area contributed by atoms with Crippen molar-refractivity contribution >= 4 is 29.3 Å². The first-order valence-electron chi connectivity index (χ1n) is 9.30. The molecule has 0 radical (unpaired) electrons. The fourth-order valence-corrected chi connectivity index (χ4v) is 3.81. The Labute approximate surface area is 168 Å². The van der Waals surface area contributed by atoms with E-state index in [0.29, 0.717) is 43.6 Å². The van der Waals surface area contributed by atoms with Crippen LogP contribution in [0.3, 0.4) is 0 Å². The molecule has 10 heteroatoms. The number of thioether (sulfide) groups is 1. The van der Waals surface area contributed by atoms with Crippen LogP contribution in [0.25, 0.3) is 0 Å². The van der Waals surface area contributed by atoms with Crippen molar-refractivity contribution < 1.29 is 9.59 Å². The van der Waals surface area contributed by atoms with E-state index in [2.05, 4.69) is 32.7 Å². The molecule has 1 fully saturated rings. The molecule has 0 atom stereocenters. The van der Waals surface area contributed by atoms with Crippen LogP contribution in [-0.2, 0) is 23.1 Å². The minimum atomic E-state index is -0.0222. The Kier molecular flexibility index (Phi) is 6.99. The number of tetrazole rings is 1. The van der Waals surface area contributed by atoms with Gasteiger partial charge in [-0.1, -0.05) is 36.9 Å². The molecule has 1 saturated heterocycles. The van der Waals surface area contributed by atoms with Crippen LogP contribution in [-0.4, -0.2) is 80.3 Å². The van der Waals surface area contributed by atoms with Gasteiger partial charge >= 0.3 is 0 Å². The van der Waals surface area contributed by atoms with E-state index in [1.165, 1.54) is 11.8 Å². The van der Waals surface area contributed by atoms with E-state index in [1.54, 1.807) is 11.7 Å². The molecule has 1 aliphatic rings. The molecule has 0 saturated carbocycles. The van der Waals surface area contributed by atoms with Crippen molar-refractivity contribution in [2.45, 2.75) is 18.5 Å². The molecule has 1 aromatic carbocycles. The van der Waals surface area contributed by atoms with Crippen molar-refractivity contribution in [3.63, 3.8) is 0 Å². The van der Waals surface area contributed by atoms with Crippen molar-refractivity contribution in [3.05, 3.63) is 29.8 Å². The van der Waals surface area contributed by atoms with Crippen LogP contribution < -0.4 is 5.32 Å². The number of rotatable bonds is 7. The average molecular weight is 404 g/mol. The van der Waals surface area contributed by atoms with E-state index in [4.69, 9.17) is 0 Å².